The Morgan fingerprint density at radius 2 is 2.29 bits per heavy atom. The molecule has 0 radical (unpaired) electrons. The maximum atomic E-state index is 11.2. The minimum absolute atomic E-state index is 0.118. The fourth-order valence-corrected chi connectivity index (χ4v) is 2.74. The third-order valence-electron chi connectivity index (χ3n) is 3.80. The van der Waals surface area contributed by atoms with E-state index >= 15 is 0 Å². The smallest absolute Gasteiger partial charge is 0.292 e. The van der Waals surface area contributed by atoms with Crippen LogP contribution in [-0.2, 0) is 6.54 Å². The Labute approximate surface area is 124 Å². The van der Waals surface area contributed by atoms with Gasteiger partial charge in [0, 0.05) is 32.2 Å². The average Bonchev–Trinajstić information content (AvgIpc) is 2.76. The predicted molar refractivity (Wildman–Crippen MR) is 82.4 cm³/mol. The van der Waals surface area contributed by atoms with Crippen molar-refractivity contribution in [3.8, 4) is 0 Å². The highest BCUT2D eigenvalue weighted by Gasteiger charge is 2.31. The molecule has 1 fully saturated rings. The van der Waals surface area contributed by atoms with Gasteiger partial charge in [-0.25, -0.2) is 0 Å². The summed E-state index contributed by atoms with van der Waals surface area (Å²) in [6.07, 6.45) is 1.64. The van der Waals surface area contributed by atoms with Gasteiger partial charge in [0.05, 0.1) is 10.5 Å². The second-order valence-electron chi connectivity index (χ2n) is 5.95. The van der Waals surface area contributed by atoms with Gasteiger partial charge in [-0.15, -0.1) is 0 Å². The number of rotatable bonds is 6. The van der Waals surface area contributed by atoms with Gasteiger partial charge in [-0.2, -0.15) is 0 Å². The van der Waals surface area contributed by atoms with E-state index in [1.165, 1.54) is 6.07 Å². The Kier molecular flexibility index (Phi) is 4.80. The molecule has 0 amide bonds. The lowest BCUT2D eigenvalue weighted by molar-refractivity contribution is -0.384. The average molecular weight is 293 g/mol. The Morgan fingerprint density at radius 3 is 2.86 bits per heavy atom. The first-order valence-electron chi connectivity index (χ1n) is 7.38. The quantitative estimate of drug-likeness (QED) is 0.622. The Bertz CT molecular complexity index is 517. The van der Waals surface area contributed by atoms with Crippen molar-refractivity contribution in [1.82, 2.24) is 4.90 Å². The lowest BCUT2D eigenvalue weighted by Crippen LogP contribution is -2.29. The molecule has 6 nitrogen and oxygen atoms in total. The zero-order valence-electron chi connectivity index (χ0n) is 12.6. The molecule has 1 aromatic carbocycles. The molecule has 0 spiro atoms. The first-order valence-corrected chi connectivity index (χ1v) is 7.38. The van der Waals surface area contributed by atoms with Crippen LogP contribution in [0.1, 0.15) is 32.3 Å². The number of para-hydroxylation sites is 1. The van der Waals surface area contributed by atoms with Crippen molar-refractivity contribution in [3.63, 3.8) is 0 Å². The minimum atomic E-state index is -0.655. The molecule has 1 aliphatic rings. The third kappa shape index (κ3) is 3.92. The number of likely N-dealkylation sites (tertiary alicyclic amines) is 1. The van der Waals surface area contributed by atoms with Gasteiger partial charge in [0.25, 0.3) is 5.69 Å². The monoisotopic (exact) mass is 293 g/mol. The van der Waals surface area contributed by atoms with Crippen LogP contribution < -0.4 is 5.32 Å². The van der Waals surface area contributed by atoms with Crippen molar-refractivity contribution in [3.05, 3.63) is 33.9 Å². The molecule has 21 heavy (non-hydrogen) atoms. The highest BCUT2D eigenvalue weighted by Crippen LogP contribution is 2.31. The molecule has 6 heteroatoms. The summed E-state index contributed by atoms with van der Waals surface area (Å²) in [6, 6.07) is 5.17. The summed E-state index contributed by atoms with van der Waals surface area (Å²) >= 11 is 0. The summed E-state index contributed by atoms with van der Waals surface area (Å²) in [4.78, 5) is 13.0. The van der Waals surface area contributed by atoms with E-state index in [1.54, 1.807) is 6.07 Å². The van der Waals surface area contributed by atoms with Gasteiger partial charge in [0.2, 0.25) is 0 Å². The number of aliphatic hydroxyl groups is 1. The molecular formula is C15H23N3O3. The first kappa shape index (κ1) is 15.7. The number of nitro groups is 1. The predicted octanol–water partition coefficient (Wildman–Crippen LogP) is 2.37. The Balaban J connectivity index is 2.21. The molecule has 0 aromatic heterocycles. The molecule has 1 saturated heterocycles. The number of nitro benzene ring substituents is 1. The van der Waals surface area contributed by atoms with Gasteiger partial charge in [-0.05, 0) is 25.3 Å². The molecule has 2 N–H and O–H groups in total. The third-order valence-corrected chi connectivity index (χ3v) is 3.80. The summed E-state index contributed by atoms with van der Waals surface area (Å²) in [5.41, 5.74) is 0.982. The number of β-amino-alcohol motifs (C(OH)–C–C–N with tert-alkyl or cyclic N) is 1. The summed E-state index contributed by atoms with van der Waals surface area (Å²) in [5.74, 6) is 0. The molecule has 0 bridgehead atoms. The highest BCUT2D eigenvalue weighted by atomic mass is 16.6. The van der Waals surface area contributed by atoms with Crippen LogP contribution in [0.5, 0.6) is 0 Å². The first-order chi connectivity index (χ1) is 9.93. The molecule has 1 heterocycles. The van der Waals surface area contributed by atoms with Crippen LogP contribution in [0.3, 0.4) is 0 Å². The van der Waals surface area contributed by atoms with Crippen molar-refractivity contribution in [1.29, 1.82) is 0 Å². The van der Waals surface area contributed by atoms with Crippen molar-refractivity contribution >= 4 is 11.4 Å². The van der Waals surface area contributed by atoms with Crippen molar-refractivity contribution in [2.24, 2.45) is 0 Å². The standard InChI is InChI=1S/C15H23N3O3/c1-3-8-16-14-12(5-4-6-13(14)18(20)21)10-17-9-7-15(2,19)11-17/h4-6,16,19H,3,7-11H2,1-2H3. The highest BCUT2D eigenvalue weighted by molar-refractivity contribution is 5.66. The van der Waals surface area contributed by atoms with E-state index in [0.29, 0.717) is 25.3 Å². The number of anilines is 1. The van der Waals surface area contributed by atoms with E-state index in [4.69, 9.17) is 0 Å². The second kappa shape index (κ2) is 6.41. The van der Waals surface area contributed by atoms with Crippen LogP contribution in [-0.4, -0.2) is 40.2 Å². The van der Waals surface area contributed by atoms with E-state index in [9.17, 15) is 15.2 Å². The molecular weight excluding hydrogens is 270 g/mol. The Hall–Kier alpha value is -1.66. The van der Waals surface area contributed by atoms with Crippen molar-refractivity contribution in [2.45, 2.75) is 38.8 Å². The van der Waals surface area contributed by atoms with E-state index in [-0.39, 0.29) is 10.6 Å². The molecule has 1 unspecified atom stereocenters. The number of benzene rings is 1. The fourth-order valence-electron chi connectivity index (χ4n) is 2.74. The zero-order chi connectivity index (χ0) is 15.5. The van der Waals surface area contributed by atoms with Gasteiger partial charge in [0.15, 0.2) is 0 Å². The summed E-state index contributed by atoms with van der Waals surface area (Å²) in [7, 11) is 0. The van der Waals surface area contributed by atoms with Gasteiger partial charge < -0.3 is 10.4 Å². The molecule has 1 atom stereocenters. The van der Waals surface area contributed by atoms with Gasteiger partial charge in [-0.3, -0.25) is 15.0 Å². The number of nitrogens with zero attached hydrogens (tertiary/aromatic N) is 2. The zero-order valence-corrected chi connectivity index (χ0v) is 12.6. The minimum Gasteiger partial charge on any atom is -0.389 e. The summed E-state index contributed by atoms with van der Waals surface area (Å²) in [6.45, 7) is 6.58. The number of nitrogens with one attached hydrogen (secondary N) is 1. The molecule has 0 aliphatic carbocycles. The SMILES string of the molecule is CCCNc1c(CN2CCC(C)(O)C2)cccc1[N+](=O)[O-]. The van der Waals surface area contributed by atoms with E-state index in [1.807, 2.05) is 19.9 Å². The van der Waals surface area contributed by atoms with Gasteiger partial charge in [0.1, 0.15) is 5.69 Å². The van der Waals surface area contributed by atoms with Crippen LogP contribution in [0.2, 0.25) is 0 Å². The van der Waals surface area contributed by atoms with E-state index in [0.717, 1.165) is 24.9 Å². The Morgan fingerprint density at radius 1 is 1.52 bits per heavy atom. The number of hydrogen-bond acceptors (Lipinski definition) is 5. The van der Waals surface area contributed by atoms with Gasteiger partial charge >= 0.3 is 0 Å². The molecule has 116 valence electrons. The summed E-state index contributed by atoms with van der Waals surface area (Å²) < 4.78 is 0. The number of hydrogen-bond donors (Lipinski definition) is 2. The summed E-state index contributed by atoms with van der Waals surface area (Å²) in [5, 5.41) is 24.4. The van der Waals surface area contributed by atoms with Crippen molar-refractivity contribution in [2.75, 3.05) is 25.0 Å². The van der Waals surface area contributed by atoms with E-state index < -0.39 is 5.60 Å². The lowest BCUT2D eigenvalue weighted by atomic mass is 10.1. The van der Waals surface area contributed by atoms with Gasteiger partial charge in [-0.1, -0.05) is 19.1 Å². The fraction of sp³-hybridized carbons (Fsp3) is 0.600. The normalized spacial score (nSPS) is 22.4. The van der Waals surface area contributed by atoms with Crippen molar-refractivity contribution < 1.29 is 10.0 Å². The second-order valence-corrected chi connectivity index (χ2v) is 5.95. The topological polar surface area (TPSA) is 78.6 Å². The van der Waals surface area contributed by atoms with E-state index in [2.05, 4.69) is 10.2 Å². The molecule has 1 aliphatic heterocycles. The van der Waals surface area contributed by atoms with Crippen LogP contribution in [0.4, 0.5) is 11.4 Å². The maximum Gasteiger partial charge on any atom is 0.292 e. The maximum absolute atomic E-state index is 11.2. The largest absolute Gasteiger partial charge is 0.389 e. The van der Waals surface area contributed by atoms with Crippen LogP contribution in [0, 0.1) is 10.1 Å². The molecule has 2 rings (SSSR count). The van der Waals surface area contributed by atoms with Crippen LogP contribution >= 0.6 is 0 Å². The molecule has 0 saturated carbocycles. The lowest BCUT2D eigenvalue weighted by Gasteiger charge is -2.20. The van der Waals surface area contributed by atoms with Crippen LogP contribution in [0.15, 0.2) is 18.2 Å². The molecule has 1 aromatic rings. The van der Waals surface area contributed by atoms with Crippen LogP contribution in [0.25, 0.3) is 0 Å².